The molecule has 4 rings (SSSR count). The Morgan fingerprint density at radius 3 is 2.50 bits per heavy atom. The molecule has 2 aromatic carbocycles. The van der Waals surface area contributed by atoms with E-state index in [0.717, 1.165) is 22.8 Å². The second-order valence-electron chi connectivity index (χ2n) is 6.67. The standard InChI is InChI=1S/C22H22N4O2/c1-2-28-21(27)16-8-10-18(11-9-16)24-22-25-19(15-6-4-3-5-7-15)14-20(26-22)23-17-12-13-17/h3-11,14,17H,2,12-13H2,1H3,(H2,23,24,25,26). The van der Waals surface area contributed by atoms with Crippen LogP contribution in [0.2, 0.25) is 0 Å². The summed E-state index contributed by atoms with van der Waals surface area (Å²) in [6.07, 6.45) is 2.34. The Morgan fingerprint density at radius 2 is 1.82 bits per heavy atom. The minimum Gasteiger partial charge on any atom is -0.462 e. The molecule has 6 nitrogen and oxygen atoms in total. The number of esters is 1. The van der Waals surface area contributed by atoms with Gasteiger partial charge in [0.1, 0.15) is 5.82 Å². The Hall–Kier alpha value is -3.41. The third kappa shape index (κ3) is 4.46. The minimum atomic E-state index is -0.327. The van der Waals surface area contributed by atoms with E-state index in [0.29, 0.717) is 24.2 Å². The van der Waals surface area contributed by atoms with Crippen LogP contribution in [0.15, 0.2) is 60.7 Å². The summed E-state index contributed by atoms with van der Waals surface area (Å²) >= 11 is 0. The van der Waals surface area contributed by atoms with Crippen molar-refractivity contribution in [1.29, 1.82) is 0 Å². The molecule has 1 aromatic heterocycles. The summed E-state index contributed by atoms with van der Waals surface area (Å²) in [5.41, 5.74) is 3.20. The SMILES string of the molecule is CCOC(=O)c1ccc(Nc2nc(NC3CC3)cc(-c3ccccc3)n2)cc1. The number of carbonyl (C=O) groups excluding carboxylic acids is 1. The van der Waals surface area contributed by atoms with Crippen LogP contribution in [0.25, 0.3) is 11.3 Å². The van der Waals surface area contributed by atoms with E-state index in [1.54, 1.807) is 19.1 Å². The minimum absolute atomic E-state index is 0.327. The lowest BCUT2D eigenvalue weighted by atomic mass is 10.1. The molecule has 1 aliphatic carbocycles. The van der Waals surface area contributed by atoms with Crippen LogP contribution in [0.4, 0.5) is 17.5 Å². The number of carbonyl (C=O) groups is 1. The largest absolute Gasteiger partial charge is 0.462 e. The van der Waals surface area contributed by atoms with Gasteiger partial charge in [-0.05, 0) is 44.0 Å². The maximum Gasteiger partial charge on any atom is 0.338 e. The van der Waals surface area contributed by atoms with E-state index >= 15 is 0 Å². The molecular formula is C22H22N4O2. The highest BCUT2D eigenvalue weighted by atomic mass is 16.5. The van der Waals surface area contributed by atoms with Gasteiger partial charge in [0.2, 0.25) is 5.95 Å². The fourth-order valence-electron chi connectivity index (χ4n) is 2.80. The van der Waals surface area contributed by atoms with Gasteiger partial charge < -0.3 is 15.4 Å². The molecule has 2 N–H and O–H groups in total. The van der Waals surface area contributed by atoms with Gasteiger partial charge in [-0.1, -0.05) is 30.3 Å². The summed E-state index contributed by atoms with van der Waals surface area (Å²) in [5, 5.41) is 6.67. The number of aromatic nitrogens is 2. The summed E-state index contributed by atoms with van der Waals surface area (Å²) in [4.78, 5) is 21.0. The van der Waals surface area contributed by atoms with Gasteiger partial charge in [-0.25, -0.2) is 9.78 Å². The number of nitrogens with one attached hydrogen (secondary N) is 2. The van der Waals surface area contributed by atoms with Crippen LogP contribution in [0, 0.1) is 0 Å². The molecule has 0 unspecified atom stereocenters. The molecular weight excluding hydrogens is 352 g/mol. The number of benzene rings is 2. The van der Waals surface area contributed by atoms with Crippen molar-refractivity contribution >= 4 is 23.4 Å². The lowest BCUT2D eigenvalue weighted by molar-refractivity contribution is 0.0526. The number of hydrogen-bond acceptors (Lipinski definition) is 6. The fourth-order valence-corrected chi connectivity index (χ4v) is 2.80. The molecule has 3 aromatic rings. The molecule has 1 saturated carbocycles. The van der Waals surface area contributed by atoms with Gasteiger partial charge in [-0.15, -0.1) is 0 Å². The summed E-state index contributed by atoms with van der Waals surface area (Å²) in [6, 6.07) is 19.6. The van der Waals surface area contributed by atoms with Gasteiger partial charge in [-0.3, -0.25) is 0 Å². The molecule has 28 heavy (non-hydrogen) atoms. The van der Waals surface area contributed by atoms with Crippen LogP contribution < -0.4 is 10.6 Å². The van der Waals surface area contributed by atoms with Crippen LogP contribution in [-0.4, -0.2) is 28.6 Å². The van der Waals surface area contributed by atoms with Crippen molar-refractivity contribution in [2.75, 3.05) is 17.2 Å². The quantitative estimate of drug-likeness (QED) is 0.587. The highest BCUT2D eigenvalue weighted by Crippen LogP contribution is 2.28. The van der Waals surface area contributed by atoms with Gasteiger partial charge in [0.25, 0.3) is 0 Å². The van der Waals surface area contributed by atoms with Crippen molar-refractivity contribution in [3.05, 3.63) is 66.2 Å². The topological polar surface area (TPSA) is 76.1 Å². The average Bonchev–Trinajstić information content (AvgIpc) is 3.53. The van der Waals surface area contributed by atoms with Crippen LogP contribution in [0.3, 0.4) is 0 Å². The number of ether oxygens (including phenoxy) is 1. The summed E-state index contributed by atoms with van der Waals surface area (Å²) in [5.74, 6) is 0.989. The molecule has 0 amide bonds. The first-order valence-electron chi connectivity index (χ1n) is 9.46. The molecule has 0 spiro atoms. The molecule has 1 heterocycles. The number of rotatable bonds is 7. The van der Waals surface area contributed by atoms with Crippen molar-refractivity contribution in [2.45, 2.75) is 25.8 Å². The van der Waals surface area contributed by atoms with Crippen LogP contribution in [-0.2, 0) is 4.74 Å². The highest BCUT2D eigenvalue weighted by Gasteiger charge is 2.22. The Balaban J connectivity index is 1.58. The normalized spacial score (nSPS) is 13.0. The maximum absolute atomic E-state index is 11.8. The van der Waals surface area contributed by atoms with Gasteiger partial charge in [0.15, 0.2) is 0 Å². The van der Waals surface area contributed by atoms with Gasteiger partial charge in [0, 0.05) is 23.4 Å². The first kappa shape index (κ1) is 18.0. The second kappa shape index (κ2) is 8.08. The van der Waals surface area contributed by atoms with Crippen LogP contribution in [0.5, 0.6) is 0 Å². The third-order valence-corrected chi connectivity index (χ3v) is 4.38. The molecule has 142 valence electrons. The smallest absolute Gasteiger partial charge is 0.338 e. The molecule has 0 aliphatic heterocycles. The monoisotopic (exact) mass is 374 g/mol. The predicted octanol–water partition coefficient (Wildman–Crippen LogP) is 4.64. The average molecular weight is 374 g/mol. The zero-order valence-corrected chi connectivity index (χ0v) is 15.7. The number of hydrogen-bond donors (Lipinski definition) is 2. The first-order valence-corrected chi connectivity index (χ1v) is 9.46. The van der Waals surface area contributed by atoms with E-state index in [-0.39, 0.29) is 5.97 Å². The van der Waals surface area contributed by atoms with E-state index in [2.05, 4.69) is 20.6 Å². The van der Waals surface area contributed by atoms with E-state index in [9.17, 15) is 4.79 Å². The Labute approximate surface area is 164 Å². The van der Waals surface area contributed by atoms with Crippen LogP contribution in [0.1, 0.15) is 30.1 Å². The molecule has 1 aliphatic rings. The van der Waals surface area contributed by atoms with E-state index in [1.807, 2.05) is 48.5 Å². The summed E-state index contributed by atoms with van der Waals surface area (Å²) in [7, 11) is 0. The molecule has 0 radical (unpaired) electrons. The van der Waals surface area contributed by atoms with Crippen molar-refractivity contribution in [1.82, 2.24) is 9.97 Å². The van der Waals surface area contributed by atoms with Crippen molar-refractivity contribution in [2.24, 2.45) is 0 Å². The van der Waals surface area contributed by atoms with Crippen molar-refractivity contribution in [3.63, 3.8) is 0 Å². The lowest BCUT2D eigenvalue weighted by Crippen LogP contribution is -2.07. The summed E-state index contributed by atoms with van der Waals surface area (Å²) in [6.45, 7) is 2.15. The maximum atomic E-state index is 11.8. The number of nitrogens with zero attached hydrogens (tertiary/aromatic N) is 2. The highest BCUT2D eigenvalue weighted by molar-refractivity contribution is 5.89. The van der Waals surface area contributed by atoms with Gasteiger partial charge in [-0.2, -0.15) is 4.98 Å². The molecule has 1 fully saturated rings. The molecule has 0 saturated heterocycles. The number of anilines is 3. The van der Waals surface area contributed by atoms with Gasteiger partial charge in [0.05, 0.1) is 17.9 Å². The van der Waals surface area contributed by atoms with E-state index in [1.165, 1.54) is 12.8 Å². The zero-order valence-electron chi connectivity index (χ0n) is 15.7. The van der Waals surface area contributed by atoms with Gasteiger partial charge >= 0.3 is 5.97 Å². The Morgan fingerprint density at radius 1 is 1.07 bits per heavy atom. The lowest BCUT2D eigenvalue weighted by Gasteiger charge is -2.11. The zero-order chi connectivity index (χ0) is 19.3. The fraction of sp³-hybridized carbons (Fsp3) is 0.227. The third-order valence-electron chi connectivity index (χ3n) is 4.38. The molecule has 6 heteroatoms. The second-order valence-corrected chi connectivity index (χ2v) is 6.67. The molecule has 0 atom stereocenters. The Bertz CT molecular complexity index is 954. The van der Waals surface area contributed by atoms with E-state index < -0.39 is 0 Å². The van der Waals surface area contributed by atoms with Crippen molar-refractivity contribution in [3.8, 4) is 11.3 Å². The predicted molar refractivity (Wildman–Crippen MR) is 110 cm³/mol. The molecule has 0 bridgehead atoms. The first-order chi connectivity index (χ1) is 13.7. The summed E-state index contributed by atoms with van der Waals surface area (Å²) < 4.78 is 5.02. The Kier molecular flexibility index (Phi) is 5.19. The van der Waals surface area contributed by atoms with E-state index in [4.69, 9.17) is 4.74 Å². The van der Waals surface area contributed by atoms with Crippen molar-refractivity contribution < 1.29 is 9.53 Å². The van der Waals surface area contributed by atoms with Crippen LogP contribution >= 0.6 is 0 Å².